The van der Waals surface area contributed by atoms with Crippen molar-refractivity contribution in [3.05, 3.63) is 23.8 Å². The molecule has 0 spiro atoms. The minimum Gasteiger partial charge on any atom is -0.495 e. The Morgan fingerprint density at radius 1 is 1.47 bits per heavy atom. The molecule has 0 bridgehead atoms. The van der Waals surface area contributed by atoms with Gasteiger partial charge in [0.25, 0.3) is 0 Å². The number of aryl methyl sites for hydroxylation is 1. The first kappa shape index (κ1) is 15.8. The SMILES string of the molecule is COc1cc(C)ccc1NC(=O)[C@@H]1CCCNC1.Cl. The van der Waals surface area contributed by atoms with Gasteiger partial charge in [-0.15, -0.1) is 12.4 Å². The van der Waals surface area contributed by atoms with Crippen LogP contribution in [0, 0.1) is 12.8 Å². The first-order chi connectivity index (χ1) is 8.70. The van der Waals surface area contributed by atoms with Gasteiger partial charge in [0.1, 0.15) is 5.75 Å². The van der Waals surface area contributed by atoms with Gasteiger partial charge < -0.3 is 15.4 Å². The molecule has 0 saturated carbocycles. The van der Waals surface area contributed by atoms with Gasteiger partial charge in [0, 0.05) is 6.54 Å². The summed E-state index contributed by atoms with van der Waals surface area (Å²) in [5.41, 5.74) is 1.86. The van der Waals surface area contributed by atoms with Crippen molar-refractivity contribution in [2.24, 2.45) is 5.92 Å². The van der Waals surface area contributed by atoms with E-state index < -0.39 is 0 Å². The Kier molecular flexibility index (Phi) is 6.12. The number of rotatable bonds is 3. The minimum atomic E-state index is 0. The van der Waals surface area contributed by atoms with Crippen molar-refractivity contribution in [3.63, 3.8) is 0 Å². The molecule has 4 nitrogen and oxygen atoms in total. The number of anilines is 1. The number of carbonyl (C=O) groups is 1. The fourth-order valence-electron chi connectivity index (χ4n) is 2.21. The molecule has 2 N–H and O–H groups in total. The summed E-state index contributed by atoms with van der Waals surface area (Å²) >= 11 is 0. The molecule has 19 heavy (non-hydrogen) atoms. The summed E-state index contributed by atoms with van der Waals surface area (Å²) in [7, 11) is 1.62. The van der Waals surface area contributed by atoms with Gasteiger partial charge in [-0.2, -0.15) is 0 Å². The van der Waals surface area contributed by atoms with Crippen LogP contribution in [0.25, 0.3) is 0 Å². The van der Waals surface area contributed by atoms with Crippen molar-refractivity contribution in [2.75, 3.05) is 25.5 Å². The number of carbonyl (C=O) groups excluding carboxylic acids is 1. The maximum Gasteiger partial charge on any atom is 0.228 e. The van der Waals surface area contributed by atoms with Crippen molar-refractivity contribution in [1.29, 1.82) is 0 Å². The number of benzene rings is 1. The zero-order chi connectivity index (χ0) is 13.0. The zero-order valence-electron chi connectivity index (χ0n) is 11.4. The van der Waals surface area contributed by atoms with Gasteiger partial charge in [0.05, 0.1) is 18.7 Å². The summed E-state index contributed by atoms with van der Waals surface area (Å²) < 4.78 is 5.28. The van der Waals surface area contributed by atoms with E-state index in [2.05, 4.69) is 10.6 Å². The number of hydrogen-bond acceptors (Lipinski definition) is 3. The normalized spacial score (nSPS) is 18.3. The van der Waals surface area contributed by atoms with Crippen molar-refractivity contribution in [2.45, 2.75) is 19.8 Å². The number of amides is 1. The second-order valence-electron chi connectivity index (χ2n) is 4.74. The number of halogens is 1. The van der Waals surface area contributed by atoms with E-state index in [1.54, 1.807) is 7.11 Å². The molecular formula is C14H21ClN2O2. The number of nitrogens with one attached hydrogen (secondary N) is 2. The average Bonchev–Trinajstić information content (AvgIpc) is 2.41. The third-order valence-electron chi connectivity index (χ3n) is 3.28. The molecule has 0 aliphatic carbocycles. The van der Waals surface area contributed by atoms with Crippen LogP contribution in [-0.2, 0) is 4.79 Å². The van der Waals surface area contributed by atoms with Crippen LogP contribution >= 0.6 is 12.4 Å². The molecule has 1 heterocycles. The van der Waals surface area contributed by atoms with Gasteiger partial charge in [0.2, 0.25) is 5.91 Å². The topological polar surface area (TPSA) is 50.4 Å². The van der Waals surface area contributed by atoms with Crippen LogP contribution in [0.1, 0.15) is 18.4 Å². The molecule has 1 aliphatic heterocycles. The van der Waals surface area contributed by atoms with E-state index in [0.717, 1.165) is 37.2 Å². The Hall–Kier alpha value is -1.26. The van der Waals surface area contributed by atoms with E-state index in [-0.39, 0.29) is 24.2 Å². The summed E-state index contributed by atoms with van der Waals surface area (Å²) in [5, 5.41) is 6.20. The van der Waals surface area contributed by atoms with Crippen LogP contribution in [0.2, 0.25) is 0 Å². The van der Waals surface area contributed by atoms with E-state index in [1.807, 2.05) is 25.1 Å². The highest BCUT2D eigenvalue weighted by atomic mass is 35.5. The van der Waals surface area contributed by atoms with E-state index in [1.165, 1.54) is 0 Å². The predicted molar refractivity (Wildman–Crippen MR) is 79.2 cm³/mol. The van der Waals surface area contributed by atoms with Crippen molar-refractivity contribution in [3.8, 4) is 5.75 Å². The minimum absolute atomic E-state index is 0. The molecule has 1 fully saturated rings. The fraction of sp³-hybridized carbons (Fsp3) is 0.500. The molecule has 0 radical (unpaired) electrons. The fourth-order valence-corrected chi connectivity index (χ4v) is 2.21. The maximum absolute atomic E-state index is 12.1. The van der Waals surface area contributed by atoms with Crippen LogP contribution in [0.15, 0.2) is 18.2 Å². The predicted octanol–water partition coefficient (Wildman–Crippen LogP) is 2.36. The third-order valence-corrected chi connectivity index (χ3v) is 3.28. The first-order valence-electron chi connectivity index (χ1n) is 6.37. The Balaban J connectivity index is 0.00000180. The highest BCUT2D eigenvalue weighted by Gasteiger charge is 2.21. The van der Waals surface area contributed by atoms with Crippen LogP contribution in [0.3, 0.4) is 0 Å². The summed E-state index contributed by atoms with van der Waals surface area (Å²) in [6, 6.07) is 5.79. The highest BCUT2D eigenvalue weighted by Crippen LogP contribution is 2.26. The molecular weight excluding hydrogens is 264 g/mol. The van der Waals surface area contributed by atoms with Crippen LogP contribution in [0.4, 0.5) is 5.69 Å². The molecule has 5 heteroatoms. The number of hydrogen-bond donors (Lipinski definition) is 2. The lowest BCUT2D eigenvalue weighted by molar-refractivity contribution is -0.120. The van der Waals surface area contributed by atoms with E-state index in [9.17, 15) is 4.79 Å². The van der Waals surface area contributed by atoms with Crippen LogP contribution < -0.4 is 15.4 Å². The smallest absolute Gasteiger partial charge is 0.228 e. The third kappa shape index (κ3) is 4.11. The van der Waals surface area contributed by atoms with Crippen molar-refractivity contribution < 1.29 is 9.53 Å². The number of piperidine rings is 1. The lowest BCUT2D eigenvalue weighted by atomic mass is 9.98. The maximum atomic E-state index is 12.1. The molecule has 2 rings (SSSR count). The molecule has 1 aromatic rings. The van der Waals surface area contributed by atoms with Crippen molar-refractivity contribution >= 4 is 24.0 Å². The van der Waals surface area contributed by atoms with Crippen LogP contribution in [0.5, 0.6) is 5.75 Å². The monoisotopic (exact) mass is 284 g/mol. The average molecular weight is 285 g/mol. The first-order valence-corrected chi connectivity index (χ1v) is 6.37. The lowest BCUT2D eigenvalue weighted by Gasteiger charge is -2.22. The van der Waals surface area contributed by atoms with E-state index in [0.29, 0.717) is 5.75 Å². The standard InChI is InChI=1S/C14H20N2O2.ClH/c1-10-5-6-12(13(8-10)18-2)16-14(17)11-4-3-7-15-9-11;/h5-6,8,11,15H,3-4,7,9H2,1-2H3,(H,16,17);1H/t11-;/m1./s1. The summed E-state index contributed by atoms with van der Waals surface area (Å²) in [4.78, 5) is 12.1. The van der Waals surface area contributed by atoms with Gasteiger partial charge in [-0.05, 0) is 44.0 Å². The molecule has 0 unspecified atom stereocenters. The zero-order valence-corrected chi connectivity index (χ0v) is 12.2. The van der Waals surface area contributed by atoms with Gasteiger partial charge in [0.15, 0.2) is 0 Å². The summed E-state index contributed by atoms with van der Waals surface area (Å²) in [5.74, 6) is 0.848. The van der Waals surface area contributed by atoms with Gasteiger partial charge >= 0.3 is 0 Å². The number of methoxy groups -OCH3 is 1. The van der Waals surface area contributed by atoms with Gasteiger partial charge in [-0.25, -0.2) is 0 Å². The Morgan fingerprint density at radius 2 is 2.26 bits per heavy atom. The lowest BCUT2D eigenvalue weighted by Crippen LogP contribution is -2.37. The van der Waals surface area contributed by atoms with Crippen molar-refractivity contribution in [1.82, 2.24) is 5.32 Å². The second kappa shape index (κ2) is 7.36. The Morgan fingerprint density at radius 3 is 2.89 bits per heavy atom. The molecule has 106 valence electrons. The molecule has 1 saturated heterocycles. The Bertz CT molecular complexity index is 431. The quantitative estimate of drug-likeness (QED) is 0.896. The molecule has 1 aromatic carbocycles. The number of ether oxygens (including phenoxy) is 1. The Labute approximate surface area is 120 Å². The van der Waals surface area contributed by atoms with E-state index in [4.69, 9.17) is 4.74 Å². The largest absolute Gasteiger partial charge is 0.495 e. The van der Waals surface area contributed by atoms with Crippen LogP contribution in [-0.4, -0.2) is 26.1 Å². The second-order valence-corrected chi connectivity index (χ2v) is 4.74. The molecule has 1 atom stereocenters. The van der Waals surface area contributed by atoms with E-state index >= 15 is 0 Å². The summed E-state index contributed by atoms with van der Waals surface area (Å²) in [6.07, 6.45) is 2.01. The molecule has 0 aromatic heterocycles. The molecule has 1 amide bonds. The highest BCUT2D eigenvalue weighted by molar-refractivity contribution is 5.94. The molecule has 1 aliphatic rings. The van der Waals surface area contributed by atoms with Gasteiger partial charge in [-0.3, -0.25) is 4.79 Å². The summed E-state index contributed by atoms with van der Waals surface area (Å²) in [6.45, 7) is 3.77. The van der Waals surface area contributed by atoms with Gasteiger partial charge in [-0.1, -0.05) is 6.07 Å².